The Morgan fingerprint density at radius 3 is 2.37 bits per heavy atom. The molecule has 0 radical (unpaired) electrons. The number of imide groups is 1. The standard InChI is InChI=1S/C23H26N4O3/c1-14-11-15(13-27-22(29)16-7-3-4-8-17(16)23(27)30)21(28)19(12-14)25-26(2)20-10-6-5-9-18(20)24/h5-6,9-12,25,28H,3-4,7-8,13,24H2,1-2H3. The van der Waals surface area contributed by atoms with Gasteiger partial charge in [-0.1, -0.05) is 18.2 Å². The van der Waals surface area contributed by atoms with E-state index in [-0.39, 0.29) is 24.1 Å². The van der Waals surface area contributed by atoms with Gasteiger partial charge in [-0.15, -0.1) is 0 Å². The highest BCUT2D eigenvalue weighted by molar-refractivity contribution is 6.19. The van der Waals surface area contributed by atoms with E-state index in [0.717, 1.165) is 24.1 Å². The number of phenolic OH excluding ortho intramolecular Hbond substituents is 1. The quantitative estimate of drug-likeness (QED) is 0.304. The fourth-order valence-corrected chi connectivity index (χ4v) is 4.20. The van der Waals surface area contributed by atoms with Gasteiger partial charge in [-0.3, -0.25) is 24.9 Å². The van der Waals surface area contributed by atoms with Gasteiger partial charge in [0, 0.05) is 23.8 Å². The van der Waals surface area contributed by atoms with E-state index >= 15 is 0 Å². The minimum atomic E-state index is -0.223. The maximum atomic E-state index is 12.8. The van der Waals surface area contributed by atoms with Gasteiger partial charge in [0.15, 0.2) is 0 Å². The number of phenols is 1. The van der Waals surface area contributed by atoms with Crippen LogP contribution in [-0.2, 0) is 16.1 Å². The molecule has 156 valence electrons. The van der Waals surface area contributed by atoms with Crippen molar-refractivity contribution < 1.29 is 14.7 Å². The first-order valence-electron chi connectivity index (χ1n) is 10.1. The van der Waals surface area contributed by atoms with Gasteiger partial charge in [-0.2, -0.15) is 0 Å². The molecule has 4 N–H and O–H groups in total. The molecule has 2 aromatic rings. The summed E-state index contributed by atoms with van der Waals surface area (Å²) in [6.45, 7) is 1.95. The van der Waals surface area contributed by atoms with E-state index in [1.165, 1.54) is 4.90 Å². The van der Waals surface area contributed by atoms with Crippen molar-refractivity contribution in [2.24, 2.45) is 0 Å². The van der Waals surface area contributed by atoms with Gasteiger partial charge < -0.3 is 10.8 Å². The molecule has 0 saturated carbocycles. The zero-order valence-electron chi connectivity index (χ0n) is 17.2. The average molecular weight is 406 g/mol. The Hall–Kier alpha value is -3.48. The Morgan fingerprint density at radius 2 is 1.73 bits per heavy atom. The van der Waals surface area contributed by atoms with Gasteiger partial charge in [0.2, 0.25) is 0 Å². The Bertz CT molecular complexity index is 1030. The molecule has 0 aromatic heterocycles. The molecule has 7 heteroatoms. The van der Waals surface area contributed by atoms with Crippen LogP contribution in [0, 0.1) is 6.92 Å². The van der Waals surface area contributed by atoms with E-state index in [9.17, 15) is 14.7 Å². The fourth-order valence-electron chi connectivity index (χ4n) is 4.20. The lowest BCUT2D eigenvalue weighted by Crippen LogP contribution is -2.31. The number of carbonyl (C=O) groups excluding carboxylic acids is 2. The minimum Gasteiger partial charge on any atom is -0.505 e. The van der Waals surface area contributed by atoms with Crippen LogP contribution in [0.25, 0.3) is 0 Å². The summed E-state index contributed by atoms with van der Waals surface area (Å²) in [6.07, 6.45) is 3.19. The van der Waals surface area contributed by atoms with Crippen molar-refractivity contribution in [3.8, 4) is 5.75 Å². The van der Waals surface area contributed by atoms with E-state index in [2.05, 4.69) is 5.43 Å². The summed E-state index contributed by atoms with van der Waals surface area (Å²) >= 11 is 0. The number of anilines is 3. The van der Waals surface area contributed by atoms with E-state index in [0.29, 0.717) is 40.9 Å². The highest BCUT2D eigenvalue weighted by atomic mass is 16.3. The molecule has 0 spiro atoms. The van der Waals surface area contributed by atoms with Crippen LogP contribution in [-0.4, -0.2) is 28.9 Å². The SMILES string of the molecule is Cc1cc(CN2C(=O)C3=C(CCCC3)C2=O)c(O)c(NN(C)c2ccccc2N)c1. The number of aromatic hydroxyl groups is 1. The number of nitrogens with zero attached hydrogens (tertiary/aromatic N) is 2. The third-order valence-corrected chi connectivity index (χ3v) is 5.72. The number of aryl methyl sites for hydroxylation is 1. The van der Waals surface area contributed by atoms with Crippen molar-refractivity contribution in [3.05, 3.63) is 58.7 Å². The lowest BCUT2D eigenvalue weighted by molar-refractivity contribution is -0.138. The first-order valence-corrected chi connectivity index (χ1v) is 10.1. The first kappa shape index (κ1) is 19.8. The number of carbonyl (C=O) groups is 2. The van der Waals surface area contributed by atoms with E-state index in [1.54, 1.807) is 24.2 Å². The number of amides is 2. The molecule has 2 aromatic carbocycles. The summed E-state index contributed by atoms with van der Waals surface area (Å²) in [5.74, 6) is -0.439. The molecule has 2 amide bonds. The maximum Gasteiger partial charge on any atom is 0.257 e. The molecule has 30 heavy (non-hydrogen) atoms. The zero-order chi connectivity index (χ0) is 21.4. The van der Waals surface area contributed by atoms with Crippen LogP contribution in [0.4, 0.5) is 17.1 Å². The number of nitrogens with one attached hydrogen (secondary N) is 1. The number of hydrogen-bond acceptors (Lipinski definition) is 6. The summed E-state index contributed by atoms with van der Waals surface area (Å²) in [5.41, 5.74) is 13.8. The van der Waals surface area contributed by atoms with Gasteiger partial charge in [0.25, 0.3) is 11.8 Å². The molecule has 0 saturated heterocycles. The molecular formula is C23H26N4O3. The highest BCUT2D eigenvalue weighted by Gasteiger charge is 2.39. The molecule has 7 nitrogen and oxygen atoms in total. The largest absolute Gasteiger partial charge is 0.505 e. The second-order valence-corrected chi connectivity index (χ2v) is 7.91. The Labute approximate surface area is 175 Å². The second kappa shape index (κ2) is 7.74. The second-order valence-electron chi connectivity index (χ2n) is 7.91. The molecule has 0 unspecified atom stereocenters. The lowest BCUT2D eigenvalue weighted by Gasteiger charge is -2.25. The zero-order valence-corrected chi connectivity index (χ0v) is 17.2. The number of rotatable bonds is 5. The van der Waals surface area contributed by atoms with Crippen molar-refractivity contribution in [3.63, 3.8) is 0 Å². The van der Waals surface area contributed by atoms with Crippen molar-refractivity contribution in [1.29, 1.82) is 0 Å². The number of nitrogen functional groups attached to an aromatic ring is 1. The van der Waals surface area contributed by atoms with E-state index < -0.39 is 0 Å². The molecular weight excluding hydrogens is 380 g/mol. The van der Waals surface area contributed by atoms with Gasteiger partial charge in [-0.25, -0.2) is 0 Å². The molecule has 1 aliphatic heterocycles. The molecule has 2 aliphatic rings. The topological polar surface area (TPSA) is 98.9 Å². The summed E-state index contributed by atoms with van der Waals surface area (Å²) in [4.78, 5) is 26.8. The minimum absolute atomic E-state index is 0.00687. The number of benzene rings is 2. The van der Waals surface area contributed by atoms with Crippen molar-refractivity contribution in [2.45, 2.75) is 39.2 Å². The third kappa shape index (κ3) is 3.47. The van der Waals surface area contributed by atoms with Crippen molar-refractivity contribution in [2.75, 3.05) is 23.2 Å². The summed E-state index contributed by atoms with van der Waals surface area (Å²) in [6, 6.07) is 11.0. The molecule has 0 fully saturated rings. The van der Waals surface area contributed by atoms with Crippen LogP contribution >= 0.6 is 0 Å². The van der Waals surface area contributed by atoms with Gasteiger partial charge in [0.1, 0.15) is 5.75 Å². The van der Waals surface area contributed by atoms with Gasteiger partial charge in [-0.05, 0) is 56.4 Å². The Balaban J connectivity index is 1.59. The number of hydrogen-bond donors (Lipinski definition) is 3. The van der Waals surface area contributed by atoms with Crippen LogP contribution in [0.1, 0.15) is 36.8 Å². The number of hydrazine groups is 1. The molecule has 0 bridgehead atoms. The Morgan fingerprint density at radius 1 is 1.10 bits per heavy atom. The smallest absolute Gasteiger partial charge is 0.257 e. The average Bonchev–Trinajstić information content (AvgIpc) is 2.96. The third-order valence-electron chi connectivity index (χ3n) is 5.72. The molecule has 0 atom stereocenters. The first-order chi connectivity index (χ1) is 14.4. The summed E-state index contributed by atoms with van der Waals surface area (Å²) in [7, 11) is 1.80. The predicted octanol–water partition coefficient (Wildman–Crippen LogP) is 3.49. The van der Waals surface area contributed by atoms with Crippen LogP contribution in [0.5, 0.6) is 5.75 Å². The predicted molar refractivity (Wildman–Crippen MR) is 117 cm³/mol. The van der Waals surface area contributed by atoms with E-state index in [4.69, 9.17) is 5.73 Å². The molecule has 1 heterocycles. The van der Waals surface area contributed by atoms with E-state index in [1.807, 2.05) is 31.2 Å². The monoisotopic (exact) mass is 406 g/mol. The molecule has 1 aliphatic carbocycles. The van der Waals surface area contributed by atoms with Crippen LogP contribution in [0.3, 0.4) is 0 Å². The van der Waals surface area contributed by atoms with Crippen LogP contribution in [0.15, 0.2) is 47.5 Å². The summed E-state index contributed by atoms with van der Waals surface area (Å²) < 4.78 is 0. The normalized spacial score (nSPS) is 16.1. The fraction of sp³-hybridized carbons (Fsp3) is 0.304. The summed E-state index contributed by atoms with van der Waals surface area (Å²) in [5, 5.41) is 12.6. The number of para-hydroxylation sites is 2. The van der Waals surface area contributed by atoms with Gasteiger partial charge in [0.05, 0.1) is 23.6 Å². The van der Waals surface area contributed by atoms with Crippen molar-refractivity contribution in [1.82, 2.24) is 4.90 Å². The lowest BCUT2D eigenvalue weighted by atomic mass is 9.93. The molecule has 4 rings (SSSR count). The number of nitrogens with two attached hydrogens (primary N) is 1. The highest BCUT2D eigenvalue weighted by Crippen LogP contribution is 2.37. The van der Waals surface area contributed by atoms with Crippen LogP contribution < -0.4 is 16.2 Å². The maximum absolute atomic E-state index is 12.8. The Kier molecular flexibility index (Phi) is 5.11. The van der Waals surface area contributed by atoms with Gasteiger partial charge >= 0.3 is 0 Å². The van der Waals surface area contributed by atoms with Crippen LogP contribution in [0.2, 0.25) is 0 Å². The van der Waals surface area contributed by atoms with Crippen molar-refractivity contribution >= 4 is 28.9 Å².